The molecule has 3 rings (SSSR count). The van der Waals surface area contributed by atoms with E-state index in [1.165, 1.54) is 0 Å². The van der Waals surface area contributed by atoms with Crippen molar-refractivity contribution in [1.29, 1.82) is 0 Å². The van der Waals surface area contributed by atoms with Gasteiger partial charge in [-0.3, -0.25) is 24.8 Å². The summed E-state index contributed by atoms with van der Waals surface area (Å²) in [5.41, 5.74) is 3.00. The summed E-state index contributed by atoms with van der Waals surface area (Å²) in [5.74, 6) is 0. The normalized spacial score (nSPS) is 10.8. The molecule has 0 N–H and O–H groups in total. The molecule has 110 valence electrons. The number of aromatic nitrogens is 4. The van der Waals surface area contributed by atoms with Gasteiger partial charge < -0.3 is 0 Å². The molecule has 0 aromatic carbocycles. The van der Waals surface area contributed by atoms with Gasteiger partial charge in [-0.1, -0.05) is 12.1 Å². The Hall–Kier alpha value is -2.66. The highest BCUT2D eigenvalue weighted by Crippen LogP contribution is 2.10. The Morgan fingerprint density at radius 3 is 1.73 bits per heavy atom. The van der Waals surface area contributed by atoms with E-state index in [2.05, 4.69) is 24.8 Å². The summed E-state index contributed by atoms with van der Waals surface area (Å²) in [4.78, 5) is 19.6. The number of nitrogens with zero attached hydrogens (tertiary/aromatic N) is 5. The van der Waals surface area contributed by atoms with Crippen LogP contribution in [-0.2, 0) is 19.6 Å². The molecule has 0 saturated carbocycles. The lowest BCUT2D eigenvalue weighted by molar-refractivity contribution is 0.238. The van der Waals surface area contributed by atoms with Crippen LogP contribution < -0.4 is 0 Å². The van der Waals surface area contributed by atoms with E-state index in [0.29, 0.717) is 6.54 Å². The van der Waals surface area contributed by atoms with Gasteiger partial charge in [0.15, 0.2) is 0 Å². The fourth-order valence-corrected chi connectivity index (χ4v) is 2.25. The fraction of sp³-hybridized carbons (Fsp3) is 0.176. The van der Waals surface area contributed by atoms with Crippen LogP contribution in [0.15, 0.2) is 67.4 Å². The molecule has 5 nitrogen and oxygen atoms in total. The summed E-state index contributed by atoms with van der Waals surface area (Å²) in [6.45, 7) is 2.20. The van der Waals surface area contributed by atoms with Gasteiger partial charge in [-0.25, -0.2) is 0 Å². The highest BCUT2D eigenvalue weighted by atomic mass is 15.1. The van der Waals surface area contributed by atoms with Crippen LogP contribution in [0.1, 0.15) is 17.1 Å². The van der Waals surface area contributed by atoms with E-state index in [1.807, 2.05) is 48.8 Å². The van der Waals surface area contributed by atoms with E-state index < -0.39 is 0 Å². The van der Waals surface area contributed by atoms with Crippen LogP contribution in [0, 0.1) is 0 Å². The summed E-state index contributed by atoms with van der Waals surface area (Å²) in [6.07, 6.45) is 8.83. The van der Waals surface area contributed by atoms with Crippen LogP contribution in [0.3, 0.4) is 0 Å². The molecular weight excluding hydrogens is 274 g/mol. The van der Waals surface area contributed by atoms with Crippen molar-refractivity contribution in [3.63, 3.8) is 0 Å². The largest absolute Gasteiger partial charge is 0.286 e. The maximum atomic E-state index is 4.40. The molecule has 0 aliphatic heterocycles. The molecule has 22 heavy (non-hydrogen) atoms. The maximum absolute atomic E-state index is 4.40. The van der Waals surface area contributed by atoms with Crippen LogP contribution in [0.4, 0.5) is 0 Å². The molecule has 3 heterocycles. The molecule has 0 atom stereocenters. The number of hydrogen-bond acceptors (Lipinski definition) is 5. The van der Waals surface area contributed by atoms with Crippen molar-refractivity contribution in [3.05, 3.63) is 84.5 Å². The quantitative estimate of drug-likeness (QED) is 0.698. The zero-order valence-electron chi connectivity index (χ0n) is 12.2. The Kier molecular flexibility index (Phi) is 4.79. The van der Waals surface area contributed by atoms with Crippen molar-refractivity contribution in [1.82, 2.24) is 24.8 Å². The molecule has 5 heteroatoms. The van der Waals surface area contributed by atoms with Gasteiger partial charge in [0, 0.05) is 50.6 Å². The van der Waals surface area contributed by atoms with E-state index in [0.717, 1.165) is 30.2 Å². The minimum atomic E-state index is 0.709. The zero-order chi connectivity index (χ0) is 15.0. The van der Waals surface area contributed by atoms with E-state index >= 15 is 0 Å². The molecule has 3 aromatic rings. The predicted octanol–water partition coefficient (Wildman–Crippen LogP) is 2.47. The topological polar surface area (TPSA) is 54.8 Å². The molecular formula is C17H17N5. The first-order valence-electron chi connectivity index (χ1n) is 7.17. The number of rotatable bonds is 6. The average Bonchev–Trinajstić information content (AvgIpc) is 2.57. The van der Waals surface area contributed by atoms with Gasteiger partial charge in [0.2, 0.25) is 0 Å². The van der Waals surface area contributed by atoms with E-state index in [-0.39, 0.29) is 0 Å². The second-order valence-corrected chi connectivity index (χ2v) is 4.98. The number of hydrogen-bond donors (Lipinski definition) is 0. The lowest BCUT2D eigenvalue weighted by Crippen LogP contribution is -2.24. The highest BCUT2D eigenvalue weighted by molar-refractivity contribution is 5.07. The summed E-state index contributed by atoms with van der Waals surface area (Å²) >= 11 is 0. The molecule has 0 radical (unpaired) electrons. The maximum Gasteiger partial charge on any atom is 0.0727 e. The molecule has 3 aromatic heterocycles. The molecule has 0 amide bonds. The Morgan fingerprint density at radius 1 is 0.636 bits per heavy atom. The summed E-state index contributed by atoms with van der Waals surface area (Å²) in [7, 11) is 0. The van der Waals surface area contributed by atoms with E-state index in [4.69, 9.17) is 0 Å². The second kappa shape index (κ2) is 7.38. The van der Waals surface area contributed by atoms with Crippen molar-refractivity contribution in [2.75, 3.05) is 0 Å². The van der Waals surface area contributed by atoms with Crippen molar-refractivity contribution < 1.29 is 0 Å². The Labute approximate surface area is 129 Å². The van der Waals surface area contributed by atoms with Crippen molar-refractivity contribution in [2.45, 2.75) is 19.6 Å². The standard InChI is InChI=1S/C17H17N5/c1-3-7-19-15(5-1)12-22(13-16-6-2-4-8-20-16)14-17-11-18-9-10-21-17/h1-11H,12-14H2. The molecule has 0 saturated heterocycles. The number of pyridine rings is 2. The van der Waals surface area contributed by atoms with E-state index in [1.54, 1.807) is 18.6 Å². The lowest BCUT2D eigenvalue weighted by atomic mass is 10.2. The smallest absolute Gasteiger partial charge is 0.0727 e. The van der Waals surface area contributed by atoms with Crippen LogP contribution in [0.2, 0.25) is 0 Å². The van der Waals surface area contributed by atoms with Gasteiger partial charge >= 0.3 is 0 Å². The van der Waals surface area contributed by atoms with Gasteiger partial charge in [-0.2, -0.15) is 0 Å². The van der Waals surface area contributed by atoms with Gasteiger partial charge in [0.1, 0.15) is 0 Å². The monoisotopic (exact) mass is 291 g/mol. The fourth-order valence-electron chi connectivity index (χ4n) is 2.25. The summed E-state index contributed by atoms with van der Waals surface area (Å²) in [6, 6.07) is 11.9. The first-order valence-corrected chi connectivity index (χ1v) is 7.17. The van der Waals surface area contributed by atoms with Crippen LogP contribution >= 0.6 is 0 Å². The Morgan fingerprint density at radius 2 is 1.23 bits per heavy atom. The van der Waals surface area contributed by atoms with Gasteiger partial charge in [0.05, 0.1) is 17.1 Å². The summed E-state index contributed by atoms with van der Waals surface area (Å²) < 4.78 is 0. The third-order valence-corrected chi connectivity index (χ3v) is 3.23. The van der Waals surface area contributed by atoms with Crippen molar-refractivity contribution in [3.8, 4) is 0 Å². The first kappa shape index (κ1) is 14.3. The van der Waals surface area contributed by atoms with Gasteiger partial charge in [0.25, 0.3) is 0 Å². The highest BCUT2D eigenvalue weighted by Gasteiger charge is 2.10. The second-order valence-electron chi connectivity index (χ2n) is 4.98. The van der Waals surface area contributed by atoms with Crippen molar-refractivity contribution >= 4 is 0 Å². The molecule has 0 unspecified atom stereocenters. The van der Waals surface area contributed by atoms with Crippen molar-refractivity contribution in [2.24, 2.45) is 0 Å². The average molecular weight is 291 g/mol. The lowest BCUT2D eigenvalue weighted by Gasteiger charge is -2.21. The minimum absolute atomic E-state index is 0.709. The predicted molar refractivity (Wildman–Crippen MR) is 83.5 cm³/mol. The van der Waals surface area contributed by atoms with Crippen LogP contribution in [-0.4, -0.2) is 24.8 Å². The van der Waals surface area contributed by atoms with E-state index in [9.17, 15) is 0 Å². The van der Waals surface area contributed by atoms with Crippen LogP contribution in [0.5, 0.6) is 0 Å². The Bertz CT molecular complexity index is 575. The molecule has 0 aliphatic rings. The molecule has 0 fully saturated rings. The first-order chi connectivity index (χ1) is 10.9. The molecule has 0 bridgehead atoms. The summed E-state index contributed by atoms with van der Waals surface area (Å²) in [5, 5.41) is 0. The van der Waals surface area contributed by atoms with Crippen LogP contribution in [0.25, 0.3) is 0 Å². The molecule has 0 spiro atoms. The SMILES string of the molecule is c1ccc(CN(Cc2ccccn2)Cc2cnccn2)nc1. The van der Waals surface area contributed by atoms with Gasteiger partial charge in [-0.05, 0) is 24.3 Å². The zero-order valence-corrected chi connectivity index (χ0v) is 12.2. The third-order valence-electron chi connectivity index (χ3n) is 3.23. The minimum Gasteiger partial charge on any atom is -0.286 e. The Balaban J connectivity index is 1.75. The van der Waals surface area contributed by atoms with Gasteiger partial charge in [-0.15, -0.1) is 0 Å². The third kappa shape index (κ3) is 4.17. The molecule has 0 aliphatic carbocycles.